The van der Waals surface area contributed by atoms with E-state index in [9.17, 15) is 0 Å². The fraction of sp³-hybridized carbons (Fsp3) is 0.846. The number of piperidine rings is 1. The molecule has 0 aromatic carbocycles. The summed E-state index contributed by atoms with van der Waals surface area (Å²) in [5.41, 5.74) is 0. The van der Waals surface area contributed by atoms with Gasteiger partial charge < -0.3 is 10.2 Å². The standard InChI is InChI=1S/C13H25N5/c1-3-17-8-4-13(5-9-17)12(2)14-6-10-18-11-7-15-16-18/h7,11-14H,3-6,8-10H2,1-2H3. The van der Waals surface area contributed by atoms with Gasteiger partial charge in [0.15, 0.2) is 0 Å². The molecule has 1 fully saturated rings. The van der Waals surface area contributed by atoms with E-state index in [1.165, 1.54) is 32.5 Å². The van der Waals surface area contributed by atoms with Gasteiger partial charge in [-0.15, -0.1) is 5.10 Å². The number of hydrogen-bond donors (Lipinski definition) is 1. The zero-order valence-corrected chi connectivity index (χ0v) is 11.5. The minimum Gasteiger partial charge on any atom is -0.312 e. The fourth-order valence-corrected chi connectivity index (χ4v) is 2.69. The predicted molar refractivity (Wildman–Crippen MR) is 72.3 cm³/mol. The van der Waals surface area contributed by atoms with Crippen molar-refractivity contribution in [2.24, 2.45) is 5.92 Å². The Morgan fingerprint density at radius 3 is 2.78 bits per heavy atom. The Morgan fingerprint density at radius 1 is 1.39 bits per heavy atom. The van der Waals surface area contributed by atoms with Crippen molar-refractivity contribution in [2.45, 2.75) is 39.3 Å². The molecule has 2 rings (SSSR count). The molecule has 102 valence electrons. The van der Waals surface area contributed by atoms with Crippen molar-refractivity contribution >= 4 is 0 Å². The summed E-state index contributed by atoms with van der Waals surface area (Å²) in [7, 11) is 0. The Bertz CT molecular complexity index is 316. The van der Waals surface area contributed by atoms with Crippen LogP contribution in [0, 0.1) is 5.92 Å². The molecule has 0 saturated carbocycles. The second-order valence-electron chi connectivity index (χ2n) is 5.18. The van der Waals surface area contributed by atoms with Gasteiger partial charge in [-0.25, -0.2) is 0 Å². The largest absolute Gasteiger partial charge is 0.312 e. The first-order valence-electron chi connectivity index (χ1n) is 7.09. The maximum Gasteiger partial charge on any atom is 0.0692 e. The van der Waals surface area contributed by atoms with E-state index < -0.39 is 0 Å². The molecule has 18 heavy (non-hydrogen) atoms. The number of nitrogens with one attached hydrogen (secondary N) is 1. The van der Waals surface area contributed by atoms with Gasteiger partial charge in [0.1, 0.15) is 0 Å². The molecule has 0 spiro atoms. The lowest BCUT2D eigenvalue weighted by atomic mass is 9.90. The first-order valence-corrected chi connectivity index (χ1v) is 7.09. The fourth-order valence-electron chi connectivity index (χ4n) is 2.69. The van der Waals surface area contributed by atoms with E-state index >= 15 is 0 Å². The Morgan fingerprint density at radius 2 is 2.17 bits per heavy atom. The van der Waals surface area contributed by atoms with Gasteiger partial charge in [0.25, 0.3) is 0 Å². The molecular weight excluding hydrogens is 226 g/mol. The van der Waals surface area contributed by atoms with Crippen LogP contribution in [0.1, 0.15) is 26.7 Å². The Labute approximate surface area is 110 Å². The normalized spacial score (nSPS) is 20.1. The lowest BCUT2D eigenvalue weighted by Gasteiger charge is -2.34. The van der Waals surface area contributed by atoms with Crippen LogP contribution in [-0.4, -0.2) is 52.1 Å². The highest BCUT2D eigenvalue weighted by Gasteiger charge is 2.22. The van der Waals surface area contributed by atoms with Crippen LogP contribution in [0.5, 0.6) is 0 Å². The first kappa shape index (κ1) is 13.5. The van der Waals surface area contributed by atoms with Crippen molar-refractivity contribution in [1.29, 1.82) is 0 Å². The molecule has 1 atom stereocenters. The number of nitrogens with zero attached hydrogens (tertiary/aromatic N) is 4. The lowest BCUT2D eigenvalue weighted by molar-refractivity contribution is 0.168. The molecule has 5 heteroatoms. The van der Waals surface area contributed by atoms with E-state index in [-0.39, 0.29) is 0 Å². The van der Waals surface area contributed by atoms with E-state index in [0.29, 0.717) is 6.04 Å². The summed E-state index contributed by atoms with van der Waals surface area (Å²) >= 11 is 0. The van der Waals surface area contributed by atoms with Gasteiger partial charge in [0.05, 0.1) is 12.7 Å². The highest BCUT2D eigenvalue weighted by Crippen LogP contribution is 2.20. The Balaban J connectivity index is 1.64. The molecule has 1 aliphatic heterocycles. The van der Waals surface area contributed by atoms with Crippen LogP contribution in [0.15, 0.2) is 12.4 Å². The molecule has 1 saturated heterocycles. The highest BCUT2D eigenvalue weighted by atomic mass is 15.4. The second kappa shape index (κ2) is 6.85. The molecule has 2 heterocycles. The van der Waals surface area contributed by atoms with Gasteiger partial charge in [-0.3, -0.25) is 4.68 Å². The molecule has 1 aliphatic rings. The third-order valence-electron chi connectivity index (χ3n) is 4.07. The summed E-state index contributed by atoms with van der Waals surface area (Å²) in [6.45, 7) is 10.2. The van der Waals surface area contributed by atoms with Gasteiger partial charge in [-0.2, -0.15) is 0 Å². The topological polar surface area (TPSA) is 46.0 Å². The van der Waals surface area contributed by atoms with E-state index in [0.717, 1.165) is 19.0 Å². The van der Waals surface area contributed by atoms with Crippen LogP contribution in [0.2, 0.25) is 0 Å². The maximum absolute atomic E-state index is 3.97. The minimum absolute atomic E-state index is 0.604. The predicted octanol–water partition coefficient (Wildman–Crippen LogP) is 0.988. The third-order valence-corrected chi connectivity index (χ3v) is 4.07. The minimum atomic E-state index is 0.604. The molecule has 5 nitrogen and oxygen atoms in total. The van der Waals surface area contributed by atoms with Crippen molar-refractivity contribution in [3.63, 3.8) is 0 Å². The molecule has 0 aliphatic carbocycles. The molecule has 1 N–H and O–H groups in total. The quantitative estimate of drug-likeness (QED) is 0.819. The van der Waals surface area contributed by atoms with Crippen LogP contribution >= 0.6 is 0 Å². The maximum atomic E-state index is 3.97. The van der Waals surface area contributed by atoms with E-state index in [1.807, 2.05) is 10.9 Å². The van der Waals surface area contributed by atoms with Gasteiger partial charge >= 0.3 is 0 Å². The van der Waals surface area contributed by atoms with Crippen molar-refractivity contribution in [2.75, 3.05) is 26.2 Å². The smallest absolute Gasteiger partial charge is 0.0692 e. The molecule has 0 bridgehead atoms. The van der Waals surface area contributed by atoms with Gasteiger partial charge in [-0.05, 0) is 45.3 Å². The first-order chi connectivity index (χ1) is 8.79. The lowest BCUT2D eigenvalue weighted by Crippen LogP contribution is -2.42. The zero-order valence-electron chi connectivity index (χ0n) is 11.5. The number of hydrogen-bond acceptors (Lipinski definition) is 4. The van der Waals surface area contributed by atoms with Crippen molar-refractivity contribution < 1.29 is 0 Å². The van der Waals surface area contributed by atoms with E-state index in [1.54, 1.807) is 6.20 Å². The summed E-state index contributed by atoms with van der Waals surface area (Å²) in [4.78, 5) is 2.54. The average Bonchev–Trinajstić information content (AvgIpc) is 2.92. The molecule has 1 aromatic rings. The summed E-state index contributed by atoms with van der Waals surface area (Å²) in [6.07, 6.45) is 6.28. The van der Waals surface area contributed by atoms with Crippen LogP contribution < -0.4 is 5.32 Å². The highest BCUT2D eigenvalue weighted by molar-refractivity contribution is 4.79. The van der Waals surface area contributed by atoms with Crippen LogP contribution in [-0.2, 0) is 6.54 Å². The van der Waals surface area contributed by atoms with Crippen LogP contribution in [0.25, 0.3) is 0 Å². The summed E-state index contributed by atoms with van der Waals surface area (Å²) < 4.78 is 1.87. The average molecular weight is 251 g/mol. The summed E-state index contributed by atoms with van der Waals surface area (Å²) in [5.74, 6) is 0.823. The molecular formula is C13H25N5. The summed E-state index contributed by atoms with van der Waals surface area (Å²) in [5, 5.41) is 11.4. The number of likely N-dealkylation sites (tertiary alicyclic amines) is 1. The Kier molecular flexibility index (Phi) is 5.13. The van der Waals surface area contributed by atoms with Gasteiger partial charge in [0.2, 0.25) is 0 Å². The number of rotatable bonds is 6. The van der Waals surface area contributed by atoms with Gasteiger partial charge in [-0.1, -0.05) is 12.1 Å². The molecule has 1 aromatic heterocycles. The van der Waals surface area contributed by atoms with Crippen molar-refractivity contribution in [3.05, 3.63) is 12.4 Å². The summed E-state index contributed by atoms with van der Waals surface area (Å²) in [6, 6.07) is 0.604. The molecule has 0 radical (unpaired) electrons. The van der Waals surface area contributed by atoms with E-state index in [4.69, 9.17) is 0 Å². The van der Waals surface area contributed by atoms with Crippen molar-refractivity contribution in [1.82, 2.24) is 25.2 Å². The van der Waals surface area contributed by atoms with Crippen molar-refractivity contribution in [3.8, 4) is 0 Å². The zero-order chi connectivity index (χ0) is 12.8. The van der Waals surface area contributed by atoms with Crippen LogP contribution in [0.4, 0.5) is 0 Å². The van der Waals surface area contributed by atoms with E-state index in [2.05, 4.69) is 34.4 Å². The monoisotopic (exact) mass is 251 g/mol. The number of aromatic nitrogens is 3. The second-order valence-corrected chi connectivity index (χ2v) is 5.18. The Hall–Kier alpha value is -0.940. The van der Waals surface area contributed by atoms with Gasteiger partial charge in [0, 0.05) is 18.8 Å². The third kappa shape index (κ3) is 3.78. The SMILES string of the molecule is CCN1CCC(C(C)NCCn2ccnn2)CC1. The van der Waals surface area contributed by atoms with Crippen LogP contribution in [0.3, 0.4) is 0 Å². The molecule has 0 amide bonds. The molecule has 1 unspecified atom stereocenters.